The van der Waals surface area contributed by atoms with Crippen LogP contribution in [-0.2, 0) is 9.59 Å². The molecule has 0 saturated heterocycles. The van der Waals surface area contributed by atoms with Gasteiger partial charge in [-0.1, -0.05) is 41.9 Å². The Morgan fingerprint density at radius 3 is 2.10 bits per heavy atom. The van der Waals surface area contributed by atoms with Crippen LogP contribution in [0, 0.1) is 5.92 Å². The van der Waals surface area contributed by atoms with Crippen LogP contribution in [0.4, 0.5) is 5.69 Å². The molecule has 1 aliphatic heterocycles. The van der Waals surface area contributed by atoms with Gasteiger partial charge in [0.1, 0.15) is 6.04 Å². The summed E-state index contributed by atoms with van der Waals surface area (Å²) in [5.41, 5.74) is 1.27. The summed E-state index contributed by atoms with van der Waals surface area (Å²) in [6.45, 7) is 3.94. The number of hydrogen-bond acceptors (Lipinski definition) is 4. The first-order valence-corrected chi connectivity index (χ1v) is 10.9. The van der Waals surface area contributed by atoms with E-state index in [4.69, 9.17) is 0 Å². The van der Waals surface area contributed by atoms with Gasteiger partial charge in [0.25, 0.3) is 11.8 Å². The van der Waals surface area contributed by atoms with Crippen LogP contribution < -0.4 is 10.6 Å². The molecule has 0 radical (unpaired) electrons. The van der Waals surface area contributed by atoms with Crippen molar-refractivity contribution in [1.29, 1.82) is 0 Å². The van der Waals surface area contributed by atoms with Gasteiger partial charge >= 0.3 is 0 Å². The Labute approximate surface area is 189 Å². The van der Waals surface area contributed by atoms with E-state index >= 15 is 0 Å². The fraction of sp³-hybridized carbons (Fsp3) is 0.304. The number of nitrogens with zero attached hydrogens (tertiary/aromatic N) is 1. The van der Waals surface area contributed by atoms with E-state index in [1.54, 1.807) is 36.4 Å². The summed E-state index contributed by atoms with van der Waals surface area (Å²) < 4.78 is 0.905. The average Bonchev–Trinajstić information content (AvgIpc) is 2.98. The molecule has 1 aliphatic rings. The quantitative estimate of drug-likeness (QED) is 0.558. The van der Waals surface area contributed by atoms with Crippen molar-refractivity contribution in [3.8, 4) is 0 Å². The van der Waals surface area contributed by atoms with Crippen LogP contribution in [0.1, 0.15) is 47.4 Å². The Kier molecular flexibility index (Phi) is 7.22. The third-order valence-corrected chi connectivity index (χ3v) is 5.44. The minimum atomic E-state index is -0.929. The highest BCUT2D eigenvalue weighted by Gasteiger charge is 2.42. The highest BCUT2D eigenvalue weighted by molar-refractivity contribution is 9.10. The highest BCUT2D eigenvalue weighted by atomic mass is 79.9. The van der Waals surface area contributed by atoms with Crippen molar-refractivity contribution in [3.05, 3.63) is 64.1 Å². The Morgan fingerprint density at radius 1 is 0.968 bits per heavy atom. The molecule has 31 heavy (non-hydrogen) atoms. The van der Waals surface area contributed by atoms with Crippen LogP contribution in [0.15, 0.2) is 53.0 Å². The van der Waals surface area contributed by atoms with Crippen molar-refractivity contribution < 1.29 is 19.2 Å². The zero-order valence-corrected chi connectivity index (χ0v) is 18.9. The number of fused-ring (bicyclic) bond motifs is 1. The first-order valence-electron chi connectivity index (χ1n) is 10.1. The maximum Gasteiger partial charge on any atom is 0.262 e. The zero-order valence-electron chi connectivity index (χ0n) is 17.4. The number of benzene rings is 2. The summed E-state index contributed by atoms with van der Waals surface area (Å²) in [6.07, 6.45) is 0.403. The van der Waals surface area contributed by atoms with E-state index in [0.717, 1.165) is 9.37 Å². The smallest absolute Gasteiger partial charge is 0.262 e. The highest BCUT2D eigenvalue weighted by Crippen LogP contribution is 2.27. The summed E-state index contributed by atoms with van der Waals surface area (Å²) in [5, 5.41) is 5.46. The molecule has 1 atom stereocenters. The van der Waals surface area contributed by atoms with E-state index in [1.165, 1.54) is 0 Å². The number of anilines is 1. The largest absolute Gasteiger partial charge is 0.354 e. The average molecular weight is 486 g/mol. The molecule has 2 aromatic rings. The number of nitrogens with one attached hydrogen (secondary N) is 2. The molecule has 7 nitrogen and oxygen atoms in total. The summed E-state index contributed by atoms with van der Waals surface area (Å²) in [4.78, 5) is 51.7. The van der Waals surface area contributed by atoms with Crippen LogP contribution in [0.2, 0.25) is 0 Å². The maximum absolute atomic E-state index is 12.9. The first-order chi connectivity index (χ1) is 14.8. The summed E-state index contributed by atoms with van der Waals surface area (Å²) in [7, 11) is 0. The standard InChI is InChI=1S/C23H24BrN3O4/c1-14(2)13-19(27-22(30)17-5-3-4-6-18(17)23(27)31)21(29)25-12-11-20(28)26-16-9-7-15(24)8-10-16/h3-10,14,19H,11-13H2,1-2H3,(H,25,29)(H,26,28). The van der Waals surface area contributed by atoms with Gasteiger partial charge in [-0.05, 0) is 48.7 Å². The fourth-order valence-electron chi connectivity index (χ4n) is 3.44. The van der Waals surface area contributed by atoms with Crippen LogP contribution in [0.5, 0.6) is 0 Å². The van der Waals surface area contributed by atoms with E-state index in [1.807, 2.05) is 26.0 Å². The zero-order chi connectivity index (χ0) is 22.5. The molecular weight excluding hydrogens is 462 g/mol. The van der Waals surface area contributed by atoms with E-state index in [9.17, 15) is 19.2 Å². The lowest BCUT2D eigenvalue weighted by molar-refractivity contribution is -0.125. The van der Waals surface area contributed by atoms with Crippen molar-refractivity contribution >= 4 is 45.2 Å². The van der Waals surface area contributed by atoms with Gasteiger partial charge in [-0.3, -0.25) is 24.1 Å². The van der Waals surface area contributed by atoms with Gasteiger partial charge in [-0.2, -0.15) is 0 Å². The minimum Gasteiger partial charge on any atom is -0.354 e. The van der Waals surface area contributed by atoms with Gasteiger partial charge < -0.3 is 10.6 Å². The van der Waals surface area contributed by atoms with Crippen LogP contribution in [0.25, 0.3) is 0 Å². The van der Waals surface area contributed by atoms with E-state index in [2.05, 4.69) is 26.6 Å². The molecule has 0 aliphatic carbocycles. The number of hydrogen-bond donors (Lipinski definition) is 2. The van der Waals surface area contributed by atoms with E-state index < -0.39 is 23.8 Å². The van der Waals surface area contributed by atoms with Gasteiger partial charge in [0.15, 0.2) is 0 Å². The minimum absolute atomic E-state index is 0.0678. The topological polar surface area (TPSA) is 95.6 Å². The predicted octanol–water partition coefficient (Wildman–Crippen LogP) is 3.60. The second kappa shape index (κ2) is 9.87. The molecule has 2 aromatic carbocycles. The number of carbonyl (C=O) groups is 4. The molecule has 1 unspecified atom stereocenters. The number of rotatable bonds is 8. The van der Waals surface area contributed by atoms with Crippen molar-refractivity contribution in [2.75, 3.05) is 11.9 Å². The summed E-state index contributed by atoms with van der Waals surface area (Å²) in [6, 6.07) is 12.8. The van der Waals surface area contributed by atoms with Crippen LogP contribution >= 0.6 is 15.9 Å². The Hall–Kier alpha value is -3.00. The molecular formula is C23H24BrN3O4. The molecule has 2 N–H and O–H groups in total. The monoisotopic (exact) mass is 485 g/mol. The molecule has 8 heteroatoms. The van der Waals surface area contributed by atoms with Gasteiger partial charge in [0.05, 0.1) is 11.1 Å². The molecule has 0 fully saturated rings. The third kappa shape index (κ3) is 5.38. The van der Waals surface area contributed by atoms with Crippen molar-refractivity contribution in [3.63, 3.8) is 0 Å². The molecule has 1 heterocycles. The van der Waals surface area contributed by atoms with E-state index in [-0.39, 0.29) is 24.8 Å². The van der Waals surface area contributed by atoms with Crippen LogP contribution in [0.3, 0.4) is 0 Å². The molecule has 0 spiro atoms. The molecule has 0 bridgehead atoms. The molecule has 0 aromatic heterocycles. The lowest BCUT2D eigenvalue weighted by Crippen LogP contribution is -2.50. The Morgan fingerprint density at radius 2 is 1.55 bits per heavy atom. The SMILES string of the molecule is CC(C)CC(C(=O)NCCC(=O)Nc1ccc(Br)cc1)N1C(=O)c2ccccc2C1=O. The van der Waals surface area contributed by atoms with Crippen molar-refractivity contribution in [2.24, 2.45) is 5.92 Å². The number of carbonyl (C=O) groups excluding carboxylic acids is 4. The number of amides is 4. The predicted molar refractivity (Wildman–Crippen MR) is 121 cm³/mol. The summed E-state index contributed by atoms with van der Waals surface area (Å²) in [5.74, 6) is -1.53. The van der Waals surface area contributed by atoms with Gasteiger partial charge in [0, 0.05) is 23.1 Å². The lowest BCUT2D eigenvalue weighted by atomic mass is 10.0. The Balaban J connectivity index is 1.62. The number of imide groups is 1. The third-order valence-electron chi connectivity index (χ3n) is 4.91. The van der Waals surface area contributed by atoms with Crippen LogP contribution in [-0.4, -0.2) is 41.1 Å². The number of halogens is 1. The second-order valence-electron chi connectivity index (χ2n) is 7.77. The molecule has 0 saturated carbocycles. The second-order valence-corrected chi connectivity index (χ2v) is 8.68. The molecule has 162 valence electrons. The molecule has 4 amide bonds. The van der Waals surface area contributed by atoms with Gasteiger partial charge in [-0.25, -0.2) is 0 Å². The fourth-order valence-corrected chi connectivity index (χ4v) is 3.71. The Bertz CT molecular complexity index is 969. The normalized spacial score (nSPS) is 13.9. The maximum atomic E-state index is 12.9. The first kappa shape index (κ1) is 22.7. The molecule has 3 rings (SSSR count). The van der Waals surface area contributed by atoms with Crippen molar-refractivity contribution in [1.82, 2.24) is 10.2 Å². The summed E-state index contributed by atoms with van der Waals surface area (Å²) >= 11 is 3.33. The lowest BCUT2D eigenvalue weighted by Gasteiger charge is -2.26. The van der Waals surface area contributed by atoms with E-state index in [0.29, 0.717) is 23.2 Å². The van der Waals surface area contributed by atoms with Crippen molar-refractivity contribution in [2.45, 2.75) is 32.7 Å². The van der Waals surface area contributed by atoms with Gasteiger partial charge in [-0.15, -0.1) is 0 Å². The van der Waals surface area contributed by atoms with Gasteiger partial charge in [0.2, 0.25) is 11.8 Å².